The van der Waals surface area contributed by atoms with Gasteiger partial charge in [-0.05, 0) is 51.3 Å². The van der Waals surface area contributed by atoms with Crippen molar-refractivity contribution in [1.29, 1.82) is 0 Å². The molecule has 37 heavy (non-hydrogen) atoms. The highest BCUT2D eigenvalue weighted by atomic mass is 16.1. The highest BCUT2D eigenvalue weighted by Gasteiger charge is 2.27. The Morgan fingerprint density at radius 2 is 1.73 bits per heavy atom. The van der Waals surface area contributed by atoms with Crippen LogP contribution < -0.4 is 21.1 Å². The van der Waals surface area contributed by atoms with Crippen molar-refractivity contribution >= 4 is 30.1 Å². The Morgan fingerprint density at radius 1 is 1.00 bits per heavy atom. The van der Waals surface area contributed by atoms with E-state index in [4.69, 9.17) is 4.98 Å². The first kappa shape index (κ1) is 25.6. The van der Waals surface area contributed by atoms with Gasteiger partial charge < -0.3 is 15.4 Å². The van der Waals surface area contributed by atoms with Gasteiger partial charge in [-0.3, -0.25) is 0 Å². The number of nitrogens with one attached hydrogen (secondary N) is 2. The summed E-state index contributed by atoms with van der Waals surface area (Å²) < 4.78 is 0. The first-order chi connectivity index (χ1) is 18.1. The van der Waals surface area contributed by atoms with E-state index in [9.17, 15) is 4.79 Å². The standard InChI is InChI=1S/C20H20N4.C12H12O/c1-21-15-9-7-13(8-10-15)18-11-14-12-23-20(22-2)24-19(14)17-6-4-3-5-16(17)18;1-3-11(8-9-13)12-7-5-4-6-10(12)2/h3-10,12,18,21H,11H2,1-2H3,(H,22,23,24);3-7,9H,1-2,8H2/b;12-11+. The number of fused-ring (bicyclic) bond motifs is 3. The molecule has 4 aromatic rings. The molecule has 0 fully saturated rings. The maximum absolute atomic E-state index is 10.4. The van der Waals surface area contributed by atoms with Crippen LogP contribution in [0, 0.1) is 0 Å². The summed E-state index contributed by atoms with van der Waals surface area (Å²) in [6.07, 6.45) is 5.87. The number of allylic oxidation sites excluding steroid dienone is 1. The lowest BCUT2D eigenvalue weighted by Crippen LogP contribution is -2.24. The number of aromatic nitrogens is 2. The summed E-state index contributed by atoms with van der Waals surface area (Å²) in [5.41, 5.74) is 8.18. The molecule has 1 aliphatic carbocycles. The molecule has 1 unspecified atom stereocenters. The molecular formula is C32H32N4O. The van der Waals surface area contributed by atoms with Crippen LogP contribution in [0.5, 0.6) is 0 Å². The quantitative estimate of drug-likeness (QED) is 0.377. The minimum absolute atomic E-state index is 0.337. The van der Waals surface area contributed by atoms with Crippen LogP contribution in [0.3, 0.4) is 0 Å². The van der Waals surface area contributed by atoms with Gasteiger partial charge in [0.05, 0.1) is 5.69 Å². The monoisotopic (exact) mass is 488 g/mol. The van der Waals surface area contributed by atoms with Gasteiger partial charge in [0.1, 0.15) is 6.29 Å². The molecule has 0 aliphatic heterocycles. The van der Waals surface area contributed by atoms with E-state index >= 15 is 0 Å². The van der Waals surface area contributed by atoms with E-state index in [0.717, 1.165) is 40.1 Å². The van der Waals surface area contributed by atoms with Crippen LogP contribution in [-0.4, -0.2) is 30.3 Å². The Balaban J connectivity index is 0.000000209. The molecule has 1 heterocycles. The molecule has 1 aromatic heterocycles. The van der Waals surface area contributed by atoms with Crippen molar-refractivity contribution in [1.82, 2.24) is 9.97 Å². The molecule has 0 saturated carbocycles. The first-order valence-electron chi connectivity index (χ1n) is 12.3. The average molecular weight is 489 g/mol. The van der Waals surface area contributed by atoms with Crippen molar-refractivity contribution in [3.8, 4) is 11.3 Å². The van der Waals surface area contributed by atoms with Gasteiger partial charge in [0, 0.05) is 43.9 Å². The van der Waals surface area contributed by atoms with Gasteiger partial charge in [-0.25, -0.2) is 9.97 Å². The highest BCUT2D eigenvalue weighted by Crippen LogP contribution is 2.41. The third-order valence-electron chi connectivity index (χ3n) is 6.62. The molecule has 5 heteroatoms. The van der Waals surface area contributed by atoms with Crippen molar-refractivity contribution in [3.63, 3.8) is 0 Å². The van der Waals surface area contributed by atoms with Crippen LogP contribution in [0.25, 0.3) is 23.4 Å². The minimum atomic E-state index is 0.337. The van der Waals surface area contributed by atoms with Crippen LogP contribution in [0.4, 0.5) is 11.6 Å². The van der Waals surface area contributed by atoms with E-state index in [-0.39, 0.29) is 0 Å². The zero-order valence-electron chi connectivity index (χ0n) is 21.4. The van der Waals surface area contributed by atoms with Gasteiger partial charge in [0.25, 0.3) is 0 Å². The molecule has 0 bridgehead atoms. The normalized spacial score (nSPS) is 14.2. The Bertz CT molecular complexity index is 1510. The molecule has 1 atom stereocenters. The summed E-state index contributed by atoms with van der Waals surface area (Å²) in [5.74, 6) is 1.00. The summed E-state index contributed by atoms with van der Waals surface area (Å²) in [5, 5.41) is 8.15. The highest BCUT2D eigenvalue weighted by molar-refractivity contribution is 5.73. The van der Waals surface area contributed by atoms with Gasteiger partial charge in [-0.2, -0.15) is 0 Å². The van der Waals surface area contributed by atoms with Crippen molar-refractivity contribution in [2.75, 3.05) is 24.7 Å². The number of aldehydes is 1. The van der Waals surface area contributed by atoms with Gasteiger partial charge in [0.2, 0.25) is 5.95 Å². The van der Waals surface area contributed by atoms with Crippen molar-refractivity contribution < 1.29 is 4.79 Å². The second kappa shape index (κ2) is 12.0. The molecule has 1 aliphatic rings. The van der Waals surface area contributed by atoms with Crippen LogP contribution >= 0.6 is 0 Å². The number of rotatable bonds is 6. The molecule has 5 nitrogen and oxygen atoms in total. The van der Waals surface area contributed by atoms with Crippen LogP contribution in [0.15, 0.2) is 91.6 Å². The Hall–Kier alpha value is -4.51. The van der Waals surface area contributed by atoms with Crippen molar-refractivity contribution in [2.45, 2.75) is 18.8 Å². The Morgan fingerprint density at radius 3 is 2.41 bits per heavy atom. The van der Waals surface area contributed by atoms with Crippen molar-refractivity contribution in [2.24, 2.45) is 0 Å². The second-order valence-corrected chi connectivity index (χ2v) is 8.79. The number of anilines is 2. The molecule has 0 spiro atoms. The van der Waals surface area contributed by atoms with E-state index in [1.54, 1.807) is 6.08 Å². The molecule has 186 valence electrons. The fraction of sp³-hybridized carbons (Fsp3) is 0.156. The Labute approximate surface area is 218 Å². The van der Waals surface area contributed by atoms with E-state index in [0.29, 0.717) is 18.3 Å². The fourth-order valence-electron chi connectivity index (χ4n) is 4.66. The van der Waals surface area contributed by atoms with Crippen LogP contribution in [0.1, 0.15) is 29.0 Å². The molecule has 3 aromatic carbocycles. The van der Waals surface area contributed by atoms with E-state index < -0.39 is 0 Å². The minimum Gasteiger partial charge on any atom is -0.388 e. The number of carbonyl (C=O) groups is 1. The lowest BCUT2D eigenvalue weighted by molar-refractivity contribution is -0.107. The molecule has 0 amide bonds. The van der Waals surface area contributed by atoms with Gasteiger partial charge >= 0.3 is 0 Å². The van der Waals surface area contributed by atoms with Gasteiger partial charge in [-0.15, -0.1) is 0 Å². The smallest absolute Gasteiger partial charge is 0.222 e. The Kier molecular flexibility index (Phi) is 8.26. The maximum Gasteiger partial charge on any atom is 0.222 e. The number of benzene rings is 3. The third-order valence-corrected chi connectivity index (χ3v) is 6.62. The lowest BCUT2D eigenvalue weighted by Gasteiger charge is -2.27. The second-order valence-electron chi connectivity index (χ2n) is 8.79. The molecule has 0 radical (unpaired) electrons. The largest absolute Gasteiger partial charge is 0.388 e. The molecular weight excluding hydrogens is 456 g/mol. The molecule has 0 saturated heterocycles. The van der Waals surface area contributed by atoms with E-state index in [2.05, 4.69) is 77.3 Å². The third kappa shape index (κ3) is 5.67. The van der Waals surface area contributed by atoms with Crippen LogP contribution in [-0.2, 0) is 11.2 Å². The number of nitrogens with zero attached hydrogens (tertiary/aromatic N) is 2. The summed E-state index contributed by atoms with van der Waals surface area (Å²) in [6, 6.07) is 25.0. The van der Waals surface area contributed by atoms with E-state index in [1.165, 1.54) is 22.3 Å². The number of carbonyl (C=O) groups excluding carboxylic acids is 1. The summed E-state index contributed by atoms with van der Waals surface area (Å²) in [4.78, 5) is 19.5. The lowest BCUT2D eigenvalue weighted by atomic mass is 9.78. The summed E-state index contributed by atoms with van der Waals surface area (Å²) >= 11 is 0. The molecule has 5 rings (SSSR count). The van der Waals surface area contributed by atoms with Crippen LogP contribution in [0.2, 0.25) is 0 Å². The predicted molar refractivity (Wildman–Crippen MR) is 154 cm³/mol. The maximum atomic E-state index is 10.4. The SMILES string of the molecule is C=C/C(CC=O)=c1/ccccc1=C.CNc1ccc(C2Cc3cnc(NC)nc3-c3ccccc32)cc1. The zero-order chi connectivity index (χ0) is 26.2. The zero-order valence-corrected chi connectivity index (χ0v) is 21.4. The number of hydrogen-bond donors (Lipinski definition) is 2. The van der Waals surface area contributed by atoms with Gasteiger partial charge in [0.15, 0.2) is 0 Å². The topological polar surface area (TPSA) is 66.9 Å². The summed E-state index contributed by atoms with van der Waals surface area (Å²) in [7, 11) is 3.79. The van der Waals surface area contributed by atoms with Crippen molar-refractivity contribution in [3.05, 3.63) is 119 Å². The van der Waals surface area contributed by atoms with Gasteiger partial charge in [-0.1, -0.05) is 79.9 Å². The first-order valence-corrected chi connectivity index (χ1v) is 12.3. The predicted octanol–water partition coefficient (Wildman–Crippen LogP) is 4.94. The number of hydrogen-bond acceptors (Lipinski definition) is 5. The fourth-order valence-corrected chi connectivity index (χ4v) is 4.66. The average Bonchev–Trinajstić information content (AvgIpc) is 2.96. The molecule has 2 N–H and O–H groups in total. The van der Waals surface area contributed by atoms with E-state index in [1.807, 2.05) is 44.6 Å². The summed E-state index contributed by atoms with van der Waals surface area (Å²) in [6.45, 7) is 7.56.